The summed E-state index contributed by atoms with van der Waals surface area (Å²) in [7, 11) is -1.71. The lowest BCUT2D eigenvalue weighted by molar-refractivity contribution is 0.0380. The molecule has 0 aromatic carbocycles. The van der Waals surface area contributed by atoms with Gasteiger partial charge < -0.3 is 9.84 Å². The summed E-state index contributed by atoms with van der Waals surface area (Å²) in [5.41, 5.74) is 0. The van der Waals surface area contributed by atoms with Crippen LogP contribution in [0.5, 0.6) is 0 Å². The molecule has 1 aliphatic rings. The number of hydrogen-bond donors (Lipinski definition) is 1. The van der Waals surface area contributed by atoms with E-state index in [0.717, 1.165) is 32.8 Å². The van der Waals surface area contributed by atoms with Gasteiger partial charge in [-0.1, -0.05) is 0 Å². The first-order valence-electron chi connectivity index (χ1n) is 5.91. The molecule has 0 aromatic heterocycles. The van der Waals surface area contributed by atoms with Crippen LogP contribution < -0.4 is 0 Å². The fourth-order valence-corrected chi connectivity index (χ4v) is 2.90. The Kier molecular flexibility index (Phi) is 6.35. The topological polar surface area (TPSA) is 70.1 Å². The Balaban J connectivity index is 2.24. The van der Waals surface area contributed by atoms with Crippen molar-refractivity contribution in [3.05, 3.63) is 0 Å². The summed E-state index contributed by atoms with van der Waals surface area (Å²) in [5, 5.41) is 8.70. The van der Waals surface area contributed by atoms with Gasteiger partial charge >= 0.3 is 0 Å². The van der Waals surface area contributed by atoms with E-state index < -0.39 is 10.0 Å². The smallest absolute Gasteiger partial charge is 0.213 e. The van der Waals surface area contributed by atoms with Crippen molar-refractivity contribution in [2.75, 3.05) is 58.8 Å². The van der Waals surface area contributed by atoms with Crippen molar-refractivity contribution < 1.29 is 18.3 Å². The largest absolute Gasteiger partial charge is 0.395 e. The molecule has 0 spiro atoms. The van der Waals surface area contributed by atoms with Crippen molar-refractivity contribution in [1.29, 1.82) is 0 Å². The fraction of sp³-hybridized carbons (Fsp3) is 1.00. The van der Waals surface area contributed by atoms with E-state index in [9.17, 15) is 8.42 Å². The van der Waals surface area contributed by atoms with Gasteiger partial charge in [-0.25, -0.2) is 12.7 Å². The van der Waals surface area contributed by atoms with Crippen LogP contribution in [-0.2, 0) is 14.8 Å². The quantitative estimate of drug-likeness (QED) is 0.637. The molecule has 0 aliphatic carbocycles. The van der Waals surface area contributed by atoms with Crippen molar-refractivity contribution in [3.63, 3.8) is 0 Å². The first-order chi connectivity index (χ1) is 8.06. The van der Waals surface area contributed by atoms with Crippen molar-refractivity contribution in [2.45, 2.75) is 6.42 Å². The predicted molar refractivity (Wildman–Crippen MR) is 65.4 cm³/mol. The summed E-state index contributed by atoms with van der Waals surface area (Å²) in [4.78, 5) is 2.21. The van der Waals surface area contributed by atoms with E-state index in [-0.39, 0.29) is 18.9 Å². The van der Waals surface area contributed by atoms with Gasteiger partial charge in [-0.3, -0.25) is 4.90 Å². The van der Waals surface area contributed by atoms with E-state index in [1.807, 2.05) is 0 Å². The highest BCUT2D eigenvalue weighted by Crippen LogP contribution is 2.03. The Bertz CT molecular complexity index is 301. The normalized spacial score (nSPS) is 18.8. The van der Waals surface area contributed by atoms with Crippen molar-refractivity contribution in [3.8, 4) is 0 Å². The highest BCUT2D eigenvalue weighted by Gasteiger charge is 2.18. The second-order valence-corrected chi connectivity index (χ2v) is 6.36. The molecule has 17 heavy (non-hydrogen) atoms. The minimum atomic E-state index is -3.21. The monoisotopic (exact) mass is 266 g/mol. The maximum Gasteiger partial charge on any atom is 0.213 e. The third kappa shape index (κ3) is 5.31. The van der Waals surface area contributed by atoms with Crippen LogP contribution in [0, 0.1) is 0 Å². The number of morpholine rings is 1. The molecule has 6 nitrogen and oxygen atoms in total. The highest BCUT2D eigenvalue weighted by molar-refractivity contribution is 7.89. The Labute approximate surface area is 103 Å². The summed E-state index contributed by atoms with van der Waals surface area (Å²) in [6, 6.07) is 0. The van der Waals surface area contributed by atoms with Crippen molar-refractivity contribution in [1.82, 2.24) is 9.21 Å². The van der Waals surface area contributed by atoms with Gasteiger partial charge in [0.25, 0.3) is 0 Å². The maximum atomic E-state index is 11.7. The number of hydrogen-bond acceptors (Lipinski definition) is 5. The molecule has 0 amide bonds. The minimum Gasteiger partial charge on any atom is -0.395 e. The molecule has 102 valence electrons. The van der Waals surface area contributed by atoms with Crippen LogP contribution in [0.1, 0.15) is 6.42 Å². The van der Waals surface area contributed by atoms with Gasteiger partial charge in [0.2, 0.25) is 10.0 Å². The zero-order chi connectivity index (χ0) is 12.7. The van der Waals surface area contributed by atoms with E-state index in [2.05, 4.69) is 4.90 Å². The molecule has 0 radical (unpaired) electrons. The molecule has 0 unspecified atom stereocenters. The summed E-state index contributed by atoms with van der Waals surface area (Å²) < 4.78 is 29.9. The summed E-state index contributed by atoms with van der Waals surface area (Å²) >= 11 is 0. The Morgan fingerprint density at radius 3 is 2.59 bits per heavy atom. The van der Waals surface area contributed by atoms with Gasteiger partial charge in [0.15, 0.2) is 0 Å². The van der Waals surface area contributed by atoms with E-state index in [4.69, 9.17) is 9.84 Å². The maximum absolute atomic E-state index is 11.7. The minimum absolute atomic E-state index is 0.140. The molecule has 1 rings (SSSR count). The van der Waals surface area contributed by atoms with Crippen LogP contribution in [0.2, 0.25) is 0 Å². The highest BCUT2D eigenvalue weighted by atomic mass is 32.2. The number of likely N-dealkylation sites (N-methyl/N-ethyl adjacent to an activating group) is 1. The molecule has 1 N–H and O–H groups in total. The van der Waals surface area contributed by atoms with Crippen LogP contribution in [0.3, 0.4) is 0 Å². The van der Waals surface area contributed by atoms with Gasteiger partial charge in [0, 0.05) is 26.7 Å². The molecule has 1 fully saturated rings. The first kappa shape index (κ1) is 14.8. The van der Waals surface area contributed by atoms with Crippen LogP contribution in [0.4, 0.5) is 0 Å². The SMILES string of the molecule is CN(CCO)S(=O)(=O)CCCN1CCOCC1. The Morgan fingerprint density at radius 2 is 2.00 bits per heavy atom. The number of nitrogens with zero attached hydrogens (tertiary/aromatic N) is 2. The van der Waals surface area contributed by atoms with Crippen molar-refractivity contribution in [2.24, 2.45) is 0 Å². The van der Waals surface area contributed by atoms with Gasteiger partial charge in [0.05, 0.1) is 25.6 Å². The molecule has 1 saturated heterocycles. The van der Waals surface area contributed by atoms with E-state index in [0.29, 0.717) is 6.42 Å². The first-order valence-corrected chi connectivity index (χ1v) is 7.52. The Hall–Kier alpha value is -0.210. The van der Waals surface area contributed by atoms with E-state index in [1.54, 1.807) is 0 Å². The third-order valence-electron chi connectivity index (χ3n) is 2.87. The number of sulfonamides is 1. The fourth-order valence-electron chi connectivity index (χ4n) is 1.73. The lowest BCUT2D eigenvalue weighted by Crippen LogP contribution is -2.38. The molecule has 1 heterocycles. The van der Waals surface area contributed by atoms with Crippen LogP contribution in [0.15, 0.2) is 0 Å². The molecule has 0 aromatic rings. The van der Waals surface area contributed by atoms with Gasteiger partial charge in [-0.15, -0.1) is 0 Å². The lowest BCUT2D eigenvalue weighted by atomic mass is 10.4. The van der Waals surface area contributed by atoms with Crippen LogP contribution >= 0.6 is 0 Å². The Morgan fingerprint density at radius 1 is 1.35 bits per heavy atom. The number of rotatable bonds is 7. The van der Waals surface area contributed by atoms with Gasteiger partial charge in [-0.05, 0) is 13.0 Å². The van der Waals surface area contributed by atoms with Gasteiger partial charge in [0.1, 0.15) is 0 Å². The molecular formula is C10H22N2O4S. The number of aliphatic hydroxyl groups excluding tert-OH is 1. The number of ether oxygens (including phenoxy) is 1. The van der Waals surface area contributed by atoms with Crippen LogP contribution in [0.25, 0.3) is 0 Å². The molecule has 0 atom stereocenters. The summed E-state index contributed by atoms with van der Waals surface area (Å²) in [5.74, 6) is 0.140. The van der Waals surface area contributed by atoms with E-state index in [1.165, 1.54) is 11.4 Å². The van der Waals surface area contributed by atoms with Crippen LogP contribution in [-0.4, -0.2) is 81.5 Å². The molecular weight excluding hydrogens is 244 g/mol. The second-order valence-electron chi connectivity index (χ2n) is 4.17. The molecule has 0 saturated carbocycles. The predicted octanol–water partition coefficient (Wildman–Crippen LogP) is -1.04. The third-order valence-corrected chi connectivity index (χ3v) is 4.81. The average Bonchev–Trinajstić information content (AvgIpc) is 2.30. The summed E-state index contributed by atoms with van der Waals surface area (Å²) in [6.07, 6.45) is 0.623. The summed E-state index contributed by atoms with van der Waals surface area (Å²) in [6.45, 7) is 4.04. The number of aliphatic hydroxyl groups is 1. The van der Waals surface area contributed by atoms with Gasteiger partial charge in [-0.2, -0.15) is 0 Å². The van der Waals surface area contributed by atoms with Crippen molar-refractivity contribution >= 4 is 10.0 Å². The average molecular weight is 266 g/mol. The zero-order valence-electron chi connectivity index (χ0n) is 10.3. The zero-order valence-corrected chi connectivity index (χ0v) is 11.2. The lowest BCUT2D eigenvalue weighted by Gasteiger charge is -2.26. The van der Waals surface area contributed by atoms with E-state index >= 15 is 0 Å². The second kappa shape index (κ2) is 7.27. The standard InChI is InChI=1S/C10H22N2O4S/c1-11(4-7-13)17(14,15)10-2-3-12-5-8-16-9-6-12/h13H,2-10H2,1H3. The molecule has 7 heteroatoms. The molecule has 1 aliphatic heterocycles. The molecule has 0 bridgehead atoms.